The van der Waals surface area contributed by atoms with Gasteiger partial charge in [-0.25, -0.2) is 19.7 Å². The summed E-state index contributed by atoms with van der Waals surface area (Å²) in [5.41, 5.74) is 0.965. The van der Waals surface area contributed by atoms with Gasteiger partial charge in [0.1, 0.15) is 31.2 Å². The van der Waals surface area contributed by atoms with Gasteiger partial charge in [-0.2, -0.15) is 0 Å². The lowest BCUT2D eigenvalue weighted by Gasteiger charge is -2.17. The number of aliphatic hydroxyl groups is 2. The van der Waals surface area contributed by atoms with Crippen LogP contribution in [0.4, 0.5) is 10.6 Å². The van der Waals surface area contributed by atoms with Crippen molar-refractivity contribution in [3.05, 3.63) is 12.7 Å². The van der Waals surface area contributed by atoms with E-state index in [1.165, 1.54) is 17.2 Å². The molecule has 5 atom stereocenters. The molecule has 0 aromatic carbocycles. The molecular formula is C18H26N6O6. The molecule has 0 bridgehead atoms. The van der Waals surface area contributed by atoms with Gasteiger partial charge in [-0.1, -0.05) is 0 Å². The fourth-order valence-corrected chi connectivity index (χ4v) is 3.52. The largest absolute Gasteiger partial charge is 0.447 e. The summed E-state index contributed by atoms with van der Waals surface area (Å²) in [5.74, 6) is 0.563. The van der Waals surface area contributed by atoms with E-state index in [0.717, 1.165) is 6.42 Å². The van der Waals surface area contributed by atoms with Crippen LogP contribution in [-0.4, -0.2) is 86.0 Å². The molecule has 1 amide bonds. The molecule has 2 aromatic rings. The molecule has 2 saturated heterocycles. The third kappa shape index (κ3) is 4.17. The zero-order valence-corrected chi connectivity index (χ0v) is 16.8. The molecule has 2 aromatic heterocycles. The summed E-state index contributed by atoms with van der Waals surface area (Å²) in [6.07, 6.45) is -1.20. The van der Waals surface area contributed by atoms with Crippen LogP contribution in [-0.2, 0) is 14.2 Å². The van der Waals surface area contributed by atoms with Crippen LogP contribution in [0.2, 0.25) is 0 Å². The molecule has 12 nitrogen and oxygen atoms in total. The summed E-state index contributed by atoms with van der Waals surface area (Å²) in [4.78, 5) is 24.6. The zero-order chi connectivity index (χ0) is 21.3. The highest BCUT2D eigenvalue weighted by molar-refractivity contribution is 5.82. The number of aromatic nitrogens is 4. The van der Waals surface area contributed by atoms with Crippen LogP contribution in [0, 0.1) is 0 Å². The summed E-state index contributed by atoms with van der Waals surface area (Å²) in [5, 5.41) is 26.8. The van der Waals surface area contributed by atoms with E-state index in [1.54, 1.807) is 13.8 Å². The number of aliphatic hydroxyl groups excluding tert-OH is 2. The fraction of sp³-hybridized carbons (Fsp3) is 0.667. The van der Waals surface area contributed by atoms with E-state index in [0.29, 0.717) is 30.2 Å². The predicted octanol–water partition coefficient (Wildman–Crippen LogP) is -0.219. The van der Waals surface area contributed by atoms with Crippen LogP contribution in [0.15, 0.2) is 12.7 Å². The van der Waals surface area contributed by atoms with E-state index in [4.69, 9.17) is 14.2 Å². The highest BCUT2D eigenvalue weighted by atomic mass is 16.6. The Morgan fingerprint density at radius 2 is 2.17 bits per heavy atom. The van der Waals surface area contributed by atoms with Crippen molar-refractivity contribution in [3.8, 4) is 0 Å². The van der Waals surface area contributed by atoms with E-state index < -0.39 is 30.6 Å². The van der Waals surface area contributed by atoms with Gasteiger partial charge in [-0.15, -0.1) is 0 Å². The predicted molar refractivity (Wildman–Crippen MR) is 104 cm³/mol. The maximum absolute atomic E-state index is 11.7. The molecule has 4 heterocycles. The van der Waals surface area contributed by atoms with Crippen LogP contribution >= 0.6 is 0 Å². The maximum atomic E-state index is 11.7. The first-order valence-electron chi connectivity index (χ1n) is 9.90. The molecule has 4 rings (SSSR count). The molecule has 12 heteroatoms. The third-order valence-corrected chi connectivity index (χ3v) is 5.03. The zero-order valence-electron chi connectivity index (χ0n) is 16.8. The molecule has 4 N–H and O–H groups in total. The minimum Gasteiger partial charge on any atom is -0.447 e. The van der Waals surface area contributed by atoms with Crippen molar-refractivity contribution >= 4 is 23.1 Å². The molecule has 2 aliphatic rings. The van der Waals surface area contributed by atoms with Gasteiger partial charge in [-0.05, 0) is 20.3 Å². The Hall–Kier alpha value is -2.54. The number of amides is 1. The first kappa shape index (κ1) is 20.7. The monoisotopic (exact) mass is 422 g/mol. The van der Waals surface area contributed by atoms with Gasteiger partial charge in [0.05, 0.1) is 19.0 Å². The topological polar surface area (TPSA) is 153 Å². The lowest BCUT2D eigenvalue weighted by molar-refractivity contribution is -0.0534. The number of alkyl carbamates (subject to hydrolysis) is 1. The lowest BCUT2D eigenvalue weighted by atomic mass is 10.1. The van der Waals surface area contributed by atoms with Gasteiger partial charge in [0.25, 0.3) is 0 Å². The summed E-state index contributed by atoms with van der Waals surface area (Å²) >= 11 is 0. The summed E-state index contributed by atoms with van der Waals surface area (Å²) in [6.45, 7) is 4.69. The number of ether oxygens (including phenoxy) is 3. The summed E-state index contributed by atoms with van der Waals surface area (Å²) < 4.78 is 17.8. The van der Waals surface area contributed by atoms with Crippen molar-refractivity contribution in [1.82, 2.24) is 24.8 Å². The molecule has 2 fully saturated rings. The van der Waals surface area contributed by atoms with Gasteiger partial charge in [0.2, 0.25) is 0 Å². The Balaban J connectivity index is 1.48. The van der Waals surface area contributed by atoms with E-state index >= 15 is 0 Å². The number of rotatable bonds is 6. The molecule has 164 valence electrons. The van der Waals surface area contributed by atoms with Crippen molar-refractivity contribution in [1.29, 1.82) is 0 Å². The van der Waals surface area contributed by atoms with E-state index in [9.17, 15) is 15.0 Å². The van der Waals surface area contributed by atoms with Crippen molar-refractivity contribution < 1.29 is 29.2 Å². The number of hydrogen-bond acceptors (Lipinski definition) is 10. The van der Waals surface area contributed by atoms with Crippen molar-refractivity contribution in [2.75, 3.05) is 25.1 Å². The molecule has 30 heavy (non-hydrogen) atoms. The third-order valence-electron chi connectivity index (χ3n) is 5.03. The van der Waals surface area contributed by atoms with Crippen LogP contribution < -0.4 is 10.6 Å². The van der Waals surface area contributed by atoms with Crippen LogP contribution in [0.25, 0.3) is 11.2 Å². The number of carbonyl (C=O) groups excluding carboxylic acids is 1. The molecule has 0 radical (unpaired) electrons. The Labute approximate surface area is 172 Å². The van der Waals surface area contributed by atoms with Gasteiger partial charge in [0, 0.05) is 12.6 Å². The minimum absolute atomic E-state index is 0.0825. The number of imidazole rings is 1. The van der Waals surface area contributed by atoms with Gasteiger partial charge in [0.15, 0.2) is 23.2 Å². The Morgan fingerprint density at radius 1 is 1.33 bits per heavy atom. The van der Waals surface area contributed by atoms with Crippen molar-refractivity contribution in [2.24, 2.45) is 0 Å². The second-order valence-corrected chi connectivity index (χ2v) is 7.69. The van der Waals surface area contributed by atoms with Crippen molar-refractivity contribution in [3.63, 3.8) is 0 Å². The van der Waals surface area contributed by atoms with Crippen LogP contribution in [0.3, 0.4) is 0 Å². The SMILES string of the molecule is CC(C)NC(=O)OCC1OC(n2cnc3c(NC4CCOC4)ncnc32)C(O)C1O. The number of nitrogens with one attached hydrogen (secondary N) is 2. The average Bonchev–Trinajstić information content (AvgIpc) is 3.42. The summed E-state index contributed by atoms with van der Waals surface area (Å²) in [6, 6.07) is 0.0581. The summed E-state index contributed by atoms with van der Waals surface area (Å²) in [7, 11) is 0. The molecule has 2 aliphatic heterocycles. The normalized spacial score (nSPS) is 28.9. The standard InChI is InChI=1S/C18H26N6O6/c1-9(2)22-18(27)29-6-11-13(25)14(26)17(30-11)24-8-21-12-15(19-7-20-16(12)24)23-10-3-4-28-5-10/h7-11,13-14,17,25-26H,3-6H2,1-2H3,(H,22,27)(H,19,20,23). The maximum Gasteiger partial charge on any atom is 0.407 e. The minimum atomic E-state index is -1.25. The van der Waals surface area contributed by atoms with Gasteiger partial charge >= 0.3 is 6.09 Å². The molecule has 0 aliphatic carbocycles. The van der Waals surface area contributed by atoms with E-state index in [2.05, 4.69) is 25.6 Å². The Morgan fingerprint density at radius 3 is 2.90 bits per heavy atom. The average molecular weight is 422 g/mol. The van der Waals surface area contributed by atoms with E-state index in [-0.39, 0.29) is 18.7 Å². The fourth-order valence-electron chi connectivity index (χ4n) is 3.52. The molecule has 0 spiro atoms. The van der Waals surface area contributed by atoms with Crippen LogP contribution in [0.1, 0.15) is 26.5 Å². The highest BCUT2D eigenvalue weighted by Crippen LogP contribution is 2.32. The van der Waals surface area contributed by atoms with Crippen LogP contribution in [0.5, 0.6) is 0 Å². The Kier molecular flexibility index (Phi) is 5.99. The first-order chi connectivity index (χ1) is 14.4. The smallest absolute Gasteiger partial charge is 0.407 e. The highest BCUT2D eigenvalue weighted by Gasteiger charge is 2.45. The van der Waals surface area contributed by atoms with Gasteiger partial charge < -0.3 is 35.1 Å². The Bertz CT molecular complexity index is 885. The van der Waals surface area contributed by atoms with Gasteiger partial charge in [-0.3, -0.25) is 4.57 Å². The quantitative estimate of drug-likeness (QED) is 0.491. The lowest BCUT2D eigenvalue weighted by Crippen LogP contribution is -2.37. The molecule has 0 saturated carbocycles. The number of hydrogen-bond donors (Lipinski definition) is 4. The molecule has 5 unspecified atom stereocenters. The number of anilines is 1. The number of nitrogens with zero attached hydrogens (tertiary/aromatic N) is 4. The molecular weight excluding hydrogens is 396 g/mol. The second-order valence-electron chi connectivity index (χ2n) is 7.69. The second kappa shape index (κ2) is 8.68. The number of carbonyl (C=O) groups is 1. The van der Waals surface area contributed by atoms with E-state index in [1.807, 2.05) is 0 Å². The first-order valence-corrected chi connectivity index (χ1v) is 9.90. The van der Waals surface area contributed by atoms with Crippen molar-refractivity contribution in [2.45, 2.75) is 56.9 Å². The number of fused-ring (bicyclic) bond motifs is 1.